The number of imidazole rings is 1. The van der Waals surface area contributed by atoms with E-state index >= 15 is 0 Å². The summed E-state index contributed by atoms with van der Waals surface area (Å²) in [5.74, 6) is 0.0399. The Labute approximate surface area is 165 Å². The van der Waals surface area contributed by atoms with E-state index in [1.54, 1.807) is 21.5 Å². The zero-order chi connectivity index (χ0) is 20.1. The monoisotopic (exact) mass is 380 g/mol. The van der Waals surface area contributed by atoms with Crippen LogP contribution in [-0.2, 0) is 24.4 Å². The minimum absolute atomic E-state index is 0.0399. The summed E-state index contributed by atoms with van der Waals surface area (Å²) in [6.07, 6.45) is 4.69. The van der Waals surface area contributed by atoms with Crippen molar-refractivity contribution in [1.29, 1.82) is 0 Å². The van der Waals surface area contributed by atoms with E-state index in [4.69, 9.17) is 0 Å². The number of amides is 1. The second-order valence-electron chi connectivity index (χ2n) is 7.30. The summed E-state index contributed by atoms with van der Waals surface area (Å²) in [6, 6.07) is 11.7. The molecular formula is C22H28N4O2. The van der Waals surface area contributed by atoms with E-state index in [1.807, 2.05) is 55.1 Å². The van der Waals surface area contributed by atoms with Crippen LogP contribution in [0.4, 0.5) is 0 Å². The highest BCUT2D eigenvalue weighted by Gasteiger charge is 2.19. The van der Waals surface area contributed by atoms with E-state index in [9.17, 15) is 9.59 Å². The van der Waals surface area contributed by atoms with Crippen LogP contribution < -0.4 is 5.69 Å². The first-order valence-corrected chi connectivity index (χ1v) is 9.89. The molecule has 0 aliphatic heterocycles. The summed E-state index contributed by atoms with van der Waals surface area (Å²) in [5.41, 5.74) is 2.77. The number of aromatic nitrogens is 3. The number of carbonyl (C=O) groups excluding carboxylic acids is 1. The minimum atomic E-state index is -0.0424. The fourth-order valence-electron chi connectivity index (χ4n) is 3.53. The lowest BCUT2D eigenvalue weighted by atomic mass is 10.2. The lowest BCUT2D eigenvalue weighted by molar-refractivity contribution is -0.133. The predicted octanol–water partition coefficient (Wildman–Crippen LogP) is 3.44. The first kappa shape index (κ1) is 19.9. The molecule has 28 heavy (non-hydrogen) atoms. The number of rotatable bonds is 8. The first-order valence-electron chi connectivity index (χ1n) is 9.89. The molecule has 0 spiro atoms. The predicted molar refractivity (Wildman–Crippen MR) is 111 cm³/mol. The van der Waals surface area contributed by atoms with Crippen LogP contribution in [0.5, 0.6) is 0 Å². The summed E-state index contributed by atoms with van der Waals surface area (Å²) in [4.78, 5) is 31.8. The molecule has 0 bridgehead atoms. The number of para-hydroxylation sites is 2. The topological polar surface area (TPSA) is 60.1 Å². The van der Waals surface area contributed by atoms with Crippen molar-refractivity contribution >= 4 is 16.9 Å². The van der Waals surface area contributed by atoms with Gasteiger partial charge in [0.15, 0.2) is 0 Å². The highest BCUT2D eigenvalue weighted by molar-refractivity contribution is 5.78. The molecule has 0 fully saturated rings. The largest absolute Gasteiger partial charge is 0.336 e. The Kier molecular flexibility index (Phi) is 6.29. The van der Waals surface area contributed by atoms with Gasteiger partial charge in [0.1, 0.15) is 0 Å². The van der Waals surface area contributed by atoms with Gasteiger partial charge in [0.2, 0.25) is 5.91 Å². The van der Waals surface area contributed by atoms with Crippen molar-refractivity contribution < 1.29 is 4.79 Å². The Balaban J connectivity index is 1.80. The van der Waals surface area contributed by atoms with Crippen LogP contribution in [0.1, 0.15) is 39.2 Å². The van der Waals surface area contributed by atoms with Crippen molar-refractivity contribution in [2.75, 3.05) is 0 Å². The molecule has 1 aromatic carbocycles. The lowest BCUT2D eigenvalue weighted by Gasteiger charge is -2.27. The molecule has 0 saturated heterocycles. The summed E-state index contributed by atoms with van der Waals surface area (Å²) < 4.78 is 3.53. The van der Waals surface area contributed by atoms with Gasteiger partial charge in [-0.1, -0.05) is 25.1 Å². The van der Waals surface area contributed by atoms with Gasteiger partial charge in [0.25, 0.3) is 0 Å². The molecule has 0 aliphatic carbocycles. The normalized spacial score (nSPS) is 11.3. The zero-order valence-electron chi connectivity index (χ0n) is 16.8. The zero-order valence-corrected chi connectivity index (χ0v) is 16.8. The standard InChI is InChI=1S/C22H28N4O2/c1-4-13-24-19-9-5-6-10-20(19)25(22(24)28)14-11-21(27)26(17(2)3)16-18-8-7-12-23-15-18/h5-10,12,15,17H,4,11,13-14,16H2,1-3H3. The quantitative estimate of drug-likeness (QED) is 0.601. The van der Waals surface area contributed by atoms with Gasteiger partial charge in [-0.2, -0.15) is 0 Å². The Morgan fingerprint density at radius 1 is 1.07 bits per heavy atom. The third kappa shape index (κ3) is 4.16. The second-order valence-corrected chi connectivity index (χ2v) is 7.30. The highest BCUT2D eigenvalue weighted by atomic mass is 16.2. The van der Waals surface area contributed by atoms with E-state index < -0.39 is 0 Å². The van der Waals surface area contributed by atoms with Crippen molar-refractivity contribution in [2.24, 2.45) is 0 Å². The number of fused-ring (bicyclic) bond motifs is 1. The SMILES string of the molecule is CCCn1c(=O)n(CCC(=O)N(Cc2cccnc2)C(C)C)c2ccccc21. The van der Waals surface area contributed by atoms with Crippen LogP contribution in [0.15, 0.2) is 53.6 Å². The van der Waals surface area contributed by atoms with E-state index in [2.05, 4.69) is 11.9 Å². The van der Waals surface area contributed by atoms with Gasteiger partial charge >= 0.3 is 5.69 Å². The van der Waals surface area contributed by atoms with Gasteiger partial charge in [0.05, 0.1) is 11.0 Å². The molecule has 0 unspecified atom stereocenters. The lowest BCUT2D eigenvalue weighted by Crippen LogP contribution is -2.37. The molecule has 3 rings (SSSR count). The Morgan fingerprint density at radius 2 is 1.75 bits per heavy atom. The van der Waals surface area contributed by atoms with Crippen LogP contribution in [0.3, 0.4) is 0 Å². The smallest absolute Gasteiger partial charge is 0.329 e. The van der Waals surface area contributed by atoms with Crippen LogP contribution >= 0.6 is 0 Å². The molecule has 148 valence electrons. The van der Waals surface area contributed by atoms with Crippen LogP contribution in [-0.4, -0.2) is 31.0 Å². The highest BCUT2D eigenvalue weighted by Crippen LogP contribution is 2.15. The molecule has 2 aromatic heterocycles. The first-order chi connectivity index (χ1) is 13.5. The number of hydrogen-bond donors (Lipinski definition) is 0. The molecule has 0 N–H and O–H groups in total. The van der Waals surface area contributed by atoms with Gasteiger partial charge in [-0.15, -0.1) is 0 Å². The molecule has 1 amide bonds. The molecule has 0 saturated carbocycles. The molecule has 2 heterocycles. The van der Waals surface area contributed by atoms with Crippen LogP contribution in [0.2, 0.25) is 0 Å². The number of hydrogen-bond acceptors (Lipinski definition) is 3. The third-order valence-electron chi connectivity index (χ3n) is 4.94. The Morgan fingerprint density at radius 3 is 2.32 bits per heavy atom. The maximum Gasteiger partial charge on any atom is 0.329 e. The molecular weight excluding hydrogens is 352 g/mol. The third-order valence-corrected chi connectivity index (χ3v) is 4.94. The summed E-state index contributed by atoms with van der Waals surface area (Å²) in [7, 11) is 0. The maximum atomic E-state index is 12.9. The van der Waals surface area contributed by atoms with Crippen molar-refractivity contribution in [2.45, 2.75) is 59.3 Å². The number of benzene rings is 1. The van der Waals surface area contributed by atoms with Gasteiger partial charge in [-0.3, -0.25) is 18.9 Å². The Hall–Kier alpha value is -2.89. The fourth-order valence-corrected chi connectivity index (χ4v) is 3.53. The average Bonchev–Trinajstić information content (AvgIpc) is 2.96. The summed E-state index contributed by atoms with van der Waals surface area (Å²) in [6.45, 7) is 7.66. The van der Waals surface area contributed by atoms with Gasteiger partial charge in [-0.05, 0) is 44.0 Å². The average molecular weight is 380 g/mol. The maximum absolute atomic E-state index is 12.9. The van der Waals surface area contributed by atoms with Crippen LogP contribution in [0, 0.1) is 0 Å². The number of nitrogens with zero attached hydrogens (tertiary/aromatic N) is 4. The van der Waals surface area contributed by atoms with E-state index in [1.165, 1.54) is 0 Å². The van der Waals surface area contributed by atoms with Gasteiger partial charge < -0.3 is 4.90 Å². The van der Waals surface area contributed by atoms with Gasteiger partial charge in [0, 0.05) is 44.5 Å². The molecule has 0 aliphatic rings. The van der Waals surface area contributed by atoms with Crippen molar-refractivity contribution in [3.05, 3.63) is 64.8 Å². The molecule has 0 atom stereocenters. The molecule has 6 heteroatoms. The van der Waals surface area contributed by atoms with Crippen molar-refractivity contribution in [1.82, 2.24) is 19.0 Å². The minimum Gasteiger partial charge on any atom is -0.336 e. The molecule has 3 aromatic rings. The fraction of sp³-hybridized carbons (Fsp3) is 0.409. The summed E-state index contributed by atoms with van der Waals surface area (Å²) in [5, 5.41) is 0. The Bertz CT molecular complexity index is 989. The van der Waals surface area contributed by atoms with Crippen molar-refractivity contribution in [3.8, 4) is 0 Å². The van der Waals surface area contributed by atoms with Crippen molar-refractivity contribution in [3.63, 3.8) is 0 Å². The van der Waals surface area contributed by atoms with Crippen LogP contribution in [0.25, 0.3) is 11.0 Å². The van der Waals surface area contributed by atoms with E-state index in [-0.39, 0.29) is 17.6 Å². The number of pyridine rings is 1. The summed E-state index contributed by atoms with van der Waals surface area (Å²) >= 11 is 0. The van der Waals surface area contributed by atoms with E-state index in [0.717, 1.165) is 23.0 Å². The molecule has 0 radical (unpaired) electrons. The molecule has 6 nitrogen and oxygen atoms in total. The number of aryl methyl sites for hydroxylation is 2. The van der Waals surface area contributed by atoms with E-state index in [0.29, 0.717) is 26.1 Å². The second kappa shape index (κ2) is 8.87. The number of carbonyl (C=O) groups is 1. The van der Waals surface area contributed by atoms with Gasteiger partial charge in [-0.25, -0.2) is 4.79 Å².